The lowest BCUT2D eigenvalue weighted by molar-refractivity contribution is -0.192. The quantitative estimate of drug-likeness (QED) is 0.840. The van der Waals surface area contributed by atoms with Gasteiger partial charge in [-0.1, -0.05) is 0 Å². The number of nitrogens with zero attached hydrogens (tertiary/aromatic N) is 1. The van der Waals surface area contributed by atoms with Crippen molar-refractivity contribution in [1.82, 2.24) is 4.90 Å². The SMILES string of the molecule is CC1([C@@H]2CCCN(Cc3ccsc3)C2)OCCO1. The van der Waals surface area contributed by atoms with E-state index in [9.17, 15) is 0 Å². The maximum Gasteiger partial charge on any atom is 0.169 e. The lowest BCUT2D eigenvalue weighted by atomic mass is 9.90. The van der Waals surface area contributed by atoms with Gasteiger partial charge in [-0.25, -0.2) is 0 Å². The van der Waals surface area contributed by atoms with Crippen LogP contribution in [0.1, 0.15) is 25.3 Å². The third-order valence-corrected chi connectivity index (χ3v) is 4.83. The Balaban J connectivity index is 1.61. The van der Waals surface area contributed by atoms with E-state index in [4.69, 9.17) is 9.47 Å². The van der Waals surface area contributed by atoms with Gasteiger partial charge in [-0.2, -0.15) is 11.3 Å². The van der Waals surface area contributed by atoms with Gasteiger partial charge in [0.15, 0.2) is 5.79 Å². The fraction of sp³-hybridized carbons (Fsp3) is 0.714. The van der Waals surface area contributed by atoms with Crippen molar-refractivity contribution < 1.29 is 9.47 Å². The van der Waals surface area contributed by atoms with Crippen LogP contribution in [0, 0.1) is 5.92 Å². The number of hydrogen-bond donors (Lipinski definition) is 0. The van der Waals surface area contributed by atoms with Crippen molar-refractivity contribution in [2.75, 3.05) is 26.3 Å². The zero-order valence-corrected chi connectivity index (χ0v) is 11.7. The molecule has 0 unspecified atom stereocenters. The van der Waals surface area contributed by atoms with Crippen LogP contribution in [0.4, 0.5) is 0 Å². The van der Waals surface area contributed by atoms with Gasteiger partial charge in [0.1, 0.15) is 0 Å². The van der Waals surface area contributed by atoms with Crippen LogP contribution >= 0.6 is 11.3 Å². The van der Waals surface area contributed by atoms with Crippen molar-refractivity contribution in [2.45, 2.75) is 32.1 Å². The molecule has 18 heavy (non-hydrogen) atoms. The summed E-state index contributed by atoms with van der Waals surface area (Å²) in [6.07, 6.45) is 2.47. The lowest BCUT2D eigenvalue weighted by Gasteiger charge is -2.39. The second-order valence-corrected chi connectivity index (χ2v) is 6.20. The van der Waals surface area contributed by atoms with E-state index in [0.29, 0.717) is 5.92 Å². The maximum absolute atomic E-state index is 5.82. The second kappa shape index (κ2) is 5.29. The van der Waals surface area contributed by atoms with Crippen molar-refractivity contribution in [1.29, 1.82) is 0 Å². The molecule has 1 aromatic heterocycles. The highest BCUT2D eigenvalue weighted by Gasteiger charge is 2.41. The van der Waals surface area contributed by atoms with E-state index in [1.807, 2.05) is 0 Å². The highest BCUT2D eigenvalue weighted by molar-refractivity contribution is 7.07. The Morgan fingerprint density at radius 1 is 1.44 bits per heavy atom. The van der Waals surface area contributed by atoms with Crippen LogP contribution in [-0.2, 0) is 16.0 Å². The predicted molar refractivity (Wildman–Crippen MR) is 72.6 cm³/mol. The Hall–Kier alpha value is -0.420. The van der Waals surface area contributed by atoms with Gasteiger partial charge in [0, 0.05) is 19.0 Å². The summed E-state index contributed by atoms with van der Waals surface area (Å²) in [6, 6.07) is 2.22. The minimum atomic E-state index is -0.340. The van der Waals surface area contributed by atoms with Gasteiger partial charge in [-0.15, -0.1) is 0 Å². The molecule has 0 aliphatic carbocycles. The molecule has 2 saturated heterocycles. The monoisotopic (exact) mass is 267 g/mol. The van der Waals surface area contributed by atoms with Crippen LogP contribution in [0.3, 0.4) is 0 Å². The van der Waals surface area contributed by atoms with E-state index >= 15 is 0 Å². The molecule has 1 atom stereocenters. The first-order chi connectivity index (χ1) is 8.76. The molecular formula is C14H21NO2S. The van der Waals surface area contributed by atoms with Gasteiger partial charge in [0.2, 0.25) is 0 Å². The molecule has 0 radical (unpaired) electrons. The van der Waals surface area contributed by atoms with E-state index in [-0.39, 0.29) is 5.79 Å². The molecule has 2 fully saturated rings. The van der Waals surface area contributed by atoms with Gasteiger partial charge in [-0.3, -0.25) is 4.90 Å². The van der Waals surface area contributed by atoms with Crippen LogP contribution in [-0.4, -0.2) is 37.0 Å². The van der Waals surface area contributed by atoms with Gasteiger partial charge >= 0.3 is 0 Å². The first kappa shape index (κ1) is 12.6. The third kappa shape index (κ3) is 2.62. The van der Waals surface area contributed by atoms with Gasteiger partial charge in [0.05, 0.1) is 13.2 Å². The first-order valence-electron chi connectivity index (χ1n) is 6.78. The summed E-state index contributed by atoms with van der Waals surface area (Å²) in [7, 11) is 0. The molecule has 3 nitrogen and oxygen atoms in total. The van der Waals surface area contributed by atoms with Crippen molar-refractivity contribution in [3.05, 3.63) is 22.4 Å². The first-order valence-corrected chi connectivity index (χ1v) is 7.72. The summed E-state index contributed by atoms with van der Waals surface area (Å²) in [5.41, 5.74) is 1.43. The number of thiophene rings is 1. The number of piperidine rings is 1. The Morgan fingerprint density at radius 2 is 2.28 bits per heavy atom. The summed E-state index contributed by atoms with van der Waals surface area (Å²) >= 11 is 1.78. The molecule has 2 aliphatic heterocycles. The van der Waals surface area contributed by atoms with Crippen molar-refractivity contribution in [2.24, 2.45) is 5.92 Å². The highest BCUT2D eigenvalue weighted by atomic mass is 32.1. The average Bonchev–Trinajstić information content (AvgIpc) is 3.02. The van der Waals surface area contributed by atoms with Crippen LogP contribution < -0.4 is 0 Å². The molecule has 0 N–H and O–H groups in total. The van der Waals surface area contributed by atoms with E-state index < -0.39 is 0 Å². The average molecular weight is 267 g/mol. The Kier molecular flexibility index (Phi) is 3.71. The fourth-order valence-corrected chi connectivity index (χ4v) is 3.69. The molecule has 1 aromatic rings. The topological polar surface area (TPSA) is 21.7 Å². The predicted octanol–water partition coefficient (Wildman–Crippen LogP) is 2.72. The zero-order chi connectivity index (χ0) is 12.4. The largest absolute Gasteiger partial charge is 0.347 e. The maximum atomic E-state index is 5.82. The molecular weight excluding hydrogens is 246 g/mol. The molecule has 3 rings (SSSR count). The minimum Gasteiger partial charge on any atom is -0.347 e. The summed E-state index contributed by atoms with van der Waals surface area (Å²) in [4.78, 5) is 2.53. The van der Waals surface area contributed by atoms with E-state index in [1.54, 1.807) is 11.3 Å². The second-order valence-electron chi connectivity index (χ2n) is 5.42. The number of rotatable bonds is 3. The molecule has 2 aliphatic rings. The van der Waals surface area contributed by atoms with Crippen molar-refractivity contribution in [3.63, 3.8) is 0 Å². The summed E-state index contributed by atoms with van der Waals surface area (Å²) < 4.78 is 11.6. The number of likely N-dealkylation sites (tertiary alicyclic amines) is 1. The van der Waals surface area contributed by atoms with Crippen molar-refractivity contribution >= 4 is 11.3 Å². The molecule has 4 heteroatoms. The standard InChI is InChI=1S/C14H21NO2S/c1-14(16-6-7-17-14)13-3-2-5-15(10-13)9-12-4-8-18-11-12/h4,8,11,13H,2-3,5-7,9-10H2,1H3/t13-/m1/s1. The van der Waals surface area contributed by atoms with Crippen LogP contribution in [0.15, 0.2) is 16.8 Å². The molecule has 0 saturated carbocycles. The summed E-state index contributed by atoms with van der Waals surface area (Å²) in [5, 5.41) is 4.40. The molecule has 3 heterocycles. The Labute approximate surface area is 113 Å². The van der Waals surface area contributed by atoms with Gasteiger partial charge in [-0.05, 0) is 48.7 Å². The molecule has 0 aromatic carbocycles. The third-order valence-electron chi connectivity index (χ3n) is 4.09. The number of hydrogen-bond acceptors (Lipinski definition) is 4. The highest BCUT2D eigenvalue weighted by Crippen LogP contribution is 2.34. The number of ether oxygens (including phenoxy) is 2. The minimum absolute atomic E-state index is 0.340. The van der Waals surface area contributed by atoms with Gasteiger partial charge in [0.25, 0.3) is 0 Å². The van der Waals surface area contributed by atoms with Crippen LogP contribution in [0.2, 0.25) is 0 Å². The van der Waals surface area contributed by atoms with Crippen molar-refractivity contribution in [3.8, 4) is 0 Å². The molecule has 0 amide bonds. The molecule has 100 valence electrons. The summed E-state index contributed by atoms with van der Waals surface area (Å²) in [6.45, 7) is 6.96. The normalized spacial score (nSPS) is 28.6. The van der Waals surface area contributed by atoms with E-state index in [0.717, 1.165) is 26.3 Å². The Bertz CT molecular complexity index is 373. The molecule has 0 bridgehead atoms. The van der Waals surface area contributed by atoms with E-state index in [2.05, 4.69) is 28.7 Å². The van der Waals surface area contributed by atoms with Gasteiger partial charge < -0.3 is 9.47 Å². The van der Waals surface area contributed by atoms with E-state index in [1.165, 1.54) is 24.9 Å². The zero-order valence-electron chi connectivity index (χ0n) is 10.9. The smallest absolute Gasteiger partial charge is 0.169 e. The Morgan fingerprint density at radius 3 is 3.00 bits per heavy atom. The van der Waals surface area contributed by atoms with Crippen LogP contribution in [0.25, 0.3) is 0 Å². The summed E-state index contributed by atoms with van der Waals surface area (Å²) in [5.74, 6) is 0.167. The van der Waals surface area contributed by atoms with Crippen LogP contribution in [0.5, 0.6) is 0 Å². The fourth-order valence-electron chi connectivity index (χ4n) is 3.03. The molecule has 0 spiro atoms. The lowest BCUT2D eigenvalue weighted by Crippen LogP contribution is -2.46.